The molecule has 0 spiro atoms. The van der Waals surface area contributed by atoms with Crippen LogP contribution in [0.3, 0.4) is 0 Å². The van der Waals surface area contributed by atoms with Crippen molar-refractivity contribution in [2.24, 2.45) is 10.1 Å². The molecule has 0 aromatic heterocycles. The molecule has 2 aliphatic heterocycles. The second-order valence-corrected chi connectivity index (χ2v) is 10.6. The smallest absolute Gasteiger partial charge is 0.262 e. The van der Waals surface area contributed by atoms with Crippen LogP contribution in [0.4, 0.5) is 5.69 Å². The first-order chi connectivity index (χ1) is 19.4. The molecule has 2 atom stereocenters. The minimum absolute atomic E-state index is 0.0274. The average Bonchev–Trinajstić information content (AvgIpc) is 3.57. The van der Waals surface area contributed by atoms with Gasteiger partial charge in [0.15, 0.2) is 16.7 Å². The van der Waals surface area contributed by atoms with Crippen molar-refractivity contribution >= 4 is 40.1 Å². The van der Waals surface area contributed by atoms with Gasteiger partial charge in [-0.25, -0.2) is 5.01 Å². The Kier molecular flexibility index (Phi) is 8.06. The van der Waals surface area contributed by atoms with Crippen LogP contribution < -0.4 is 19.5 Å². The highest BCUT2D eigenvalue weighted by Gasteiger charge is 2.39. The molecule has 0 fully saturated rings. The zero-order chi connectivity index (χ0) is 28.2. The Morgan fingerprint density at radius 3 is 2.38 bits per heavy atom. The van der Waals surface area contributed by atoms with Crippen molar-refractivity contribution in [1.29, 1.82) is 0 Å². The summed E-state index contributed by atoms with van der Waals surface area (Å²) in [7, 11) is 4.71. The number of hydrazone groups is 1. The topological polar surface area (TPSA) is 102 Å². The Balaban J connectivity index is 1.33. The normalized spacial score (nSPS) is 18.3. The summed E-state index contributed by atoms with van der Waals surface area (Å²) < 4.78 is 15.9. The predicted octanol–water partition coefficient (Wildman–Crippen LogP) is 5.20. The number of rotatable bonds is 8. The number of aryl methyl sites for hydroxylation is 1. The third kappa shape index (κ3) is 5.81. The maximum atomic E-state index is 12.9. The number of benzene rings is 3. The van der Waals surface area contributed by atoms with E-state index in [9.17, 15) is 9.59 Å². The van der Waals surface area contributed by atoms with Gasteiger partial charge in [-0.1, -0.05) is 53.7 Å². The highest BCUT2D eigenvalue weighted by atomic mass is 32.2. The fourth-order valence-corrected chi connectivity index (χ4v) is 5.65. The molecule has 1 N–H and O–H groups in total. The van der Waals surface area contributed by atoms with E-state index in [0.29, 0.717) is 28.8 Å². The van der Waals surface area contributed by atoms with Crippen LogP contribution in [0.2, 0.25) is 0 Å². The molecule has 2 aliphatic rings. The van der Waals surface area contributed by atoms with E-state index in [1.54, 1.807) is 32.4 Å². The number of methoxy groups -OCH3 is 3. The van der Waals surface area contributed by atoms with Gasteiger partial charge < -0.3 is 19.5 Å². The van der Waals surface area contributed by atoms with Crippen LogP contribution >= 0.6 is 11.8 Å². The molecular weight excluding hydrogens is 528 g/mol. The Labute approximate surface area is 237 Å². The standard InChI is InChI=1S/C30H30N4O5S/c1-18-5-7-19(8-6-18)23-16-24(20-9-12-22(37-2)13-10-20)34(33-23)30-32-29(36)27(40-30)17-28(35)31-21-11-14-25(38-3)26(15-21)39-4/h5-15,24,27H,16-17H2,1-4H3,(H,31,35)/t24-,27-/m0/s1. The number of amides is 2. The van der Waals surface area contributed by atoms with Gasteiger partial charge in [-0.05, 0) is 42.3 Å². The number of thioether (sulfide) groups is 1. The number of ether oxygens (including phenoxy) is 3. The molecule has 3 aromatic rings. The number of carbonyl (C=O) groups is 2. The average molecular weight is 559 g/mol. The molecule has 2 heterocycles. The first kappa shape index (κ1) is 27.3. The van der Waals surface area contributed by atoms with E-state index < -0.39 is 5.25 Å². The van der Waals surface area contributed by atoms with Crippen LogP contribution in [-0.4, -0.2) is 54.3 Å². The number of amidine groups is 1. The summed E-state index contributed by atoms with van der Waals surface area (Å²) in [4.78, 5) is 30.1. The van der Waals surface area contributed by atoms with Gasteiger partial charge in [-0.2, -0.15) is 10.1 Å². The van der Waals surface area contributed by atoms with E-state index in [1.807, 2.05) is 36.2 Å². The molecule has 0 unspecified atom stereocenters. The van der Waals surface area contributed by atoms with Gasteiger partial charge in [0, 0.05) is 24.6 Å². The van der Waals surface area contributed by atoms with Crippen LogP contribution in [0.25, 0.3) is 0 Å². The first-order valence-corrected chi connectivity index (χ1v) is 13.6. The van der Waals surface area contributed by atoms with Crippen LogP contribution in [0, 0.1) is 6.92 Å². The lowest BCUT2D eigenvalue weighted by Crippen LogP contribution is -2.25. The maximum absolute atomic E-state index is 12.9. The number of carbonyl (C=O) groups excluding carboxylic acids is 2. The van der Waals surface area contributed by atoms with Crippen LogP contribution in [0.15, 0.2) is 76.8 Å². The zero-order valence-corrected chi connectivity index (χ0v) is 23.5. The van der Waals surface area contributed by atoms with Crippen molar-refractivity contribution in [3.8, 4) is 17.2 Å². The molecular formula is C30H30N4O5S. The Morgan fingerprint density at radius 2 is 1.70 bits per heavy atom. The van der Waals surface area contributed by atoms with Crippen molar-refractivity contribution in [2.75, 3.05) is 26.6 Å². The van der Waals surface area contributed by atoms with Gasteiger partial charge in [0.2, 0.25) is 5.91 Å². The molecule has 0 bridgehead atoms. The van der Waals surface area contributed by atoms with Gasteiger partial charge in [0.25, 0.3) is 5.91 Å². The molecule has 0 saturated heterocycles. The summed E-state index contributed by atoms with van der Waals surface area (Å²) in [6.45, 7) is 2.05. The third-order valence-electron chi connectivity index (χ3n) is 6.76. The molecule has 0 radical (unpaired) electrons. The molecule has 3 aromatic carbocycles. The summed E-state index contributed by atoms with van der Waals surface area (Å²) in [5.74, 6) is 1.17. The fourth-order valence-electron chi connectivity index (χ4n) is 4.59. The van der Waals surface area contributed by atoms with Crippen molar-refractivity contribution in [1.82, 2.24) is 5.01 Å². The molecule has 5 rings (SSSR count). The molecule has 40 heavy (non-hydrogen) atoms. The van der Waals surface area contributed by atoms with Crippen molar-refractivity contribution < 1.29 is 23.8 Å². The molecule has 2 amide bonds. The lowest BCUT2D eigenvalue weighted by Gasteiger charge is -2.23. The minimum Gasteiger partial charge on any atom is -0.497 e. The lowest BCUT2D eigenvalue weighted by atomic mass is 9.98. The fraction of sp³-hybridized carbons (Fsp3) is 0.267. The highest BCUT2D eigenvalue weighted by Crippen LogP contribution is 2.39. The van der Waals surface area contributed by atoms with E-state index >= 15 is 0 Å². The number of hydrogen-bond donors (Lipinski definition) is 1. The number of nitrogens with zero attached hydrogens (tertiary/aromatic N) is 3. The van der Waals surface area contributed by atoms with E-state index in [0.717, 1.165) is 22.6 Å². The second-order valence-electron chi connectivity index (χ2n) is 9.41. The molecule has 9 nitrogen and oxygen atoms in total. The van der Waals surface area contributed by atoms with Gasteiger partial charge in [0.1, 0.15) is 11.0 Å². The van der Waals surface area contributed by atoms with Crippen LogP contribution in [0.1, 0.15) is 35.6 Å². The highest BCUT2D eigenvalue weighted by molar-refractivity contribution is 8.15. The third-order valence-corrected chi connectivity index (χ3v) is 7.90. The van der Waals surface area contributed by atoms with Gasteiger partial charge >= 0.3 is 0 Å². The lowest BCUT2D eigenvalue weighted by molar-refractivity contribution is -0.121. The molecule has 10 heteroatoms. The van der Waals surface area contributed by atoms with E-state index in [1.165, 1.54) is 24.4 Å². The van der Waals surface area contributed by atoms with Gasteiger partial charge in [-0.15, -0.1) is 0 Å². The predicted molar refractivity (Wildman–Crippen MR) is 157 cm³/mol. The Bertz CT molecular complexity index is 1470. The SMILES string of the molecule is COc1ccc([C@@H]2CC(c3ccc(C)cc3)=NN2C2=NC(=O)[C@H](CC(=O)Nc3ccc(OC)c(OC)c3)S2)cc1. The summed E-state index contributed by atoms with van der Waals surface area (Å²) in [6, 6.07) is 21.0. The largest absolute Gasteiger partial charge is 0.497 e. The molecule has 0 aliphatic carbocycles. The summed E-state index contributed by atoms with van der Waals surface area (Å²) in [5, 5.41) is 9.39. The van der Waals surface area contributed by atoms with Gasteiger partial charge in [-0.3, -0.25) is 9.59 Å². The maximum Gasteiger partial charge on any atom is 0.262 e. The zero-order valence-electron chi connectivity index (χ0n) is 22.7. The van der Waals surface area contributed by atoms with E-state index in [4.69, 9.17) is 19.3 Å². The summed E-state index contributed by atoms with van der Waals surface area (Å²) in [6.07, 6.45) is 0.619. The van der Waals surface area contributed by atoms with Crippen molar-refractivity contribution in [3.05, 3.63) is 83.4 Å². The summed E-state index contributed by atoms with van der Waals surface area (Å²) >= 11 is 1.26. The van der Waals surface area contributed by atoms with Crippen LogP contribution in [0.5, 0.6) is 17.2 Å². The minimum atomic E-state index is -0.648. The quantitative estimate of drug-likeness (QED) is 0.406. The first-order valence-electron chi connectivity index (χ1n) is 12.8. The van der Waals surface area contributed by atoms with E-state index in [-0.39, 0.29) is 24.3 Å². The second kappa shape index (κ2) is 11.8. The van der Waals surface area contributed by atoms with Crippen molar-refractivity contribution in [3.63, 3.8) is 0 Å². The van der Waals surface area contributed by atoms with Crippen LogP contribution in [-0.2, 0) is 9.59 Å². The van der Waals surface area contributed by atoms with Gasteiger partial charge in [0.05, 0.1) is 33.1 Å². The number of nitrogens with one attached hydrogen (secondary N) is 1. The number of anilines is 1. The number of aliphatic imine (C=N–C) groups is 1. The number of hydrogen-bond acceptors (Lipinski definition) is 8. The monoisotopic (exact) mass is 558 g/mol. The Morgan fingerprint density at radius 1 is 0.975 bits per heavy atom. The van der Waals surface area contributed by atoms with Crippen molar-refractivity contribution in [2.45, 2.75) is 31.1 Å². The van der Waals surface area contributed by atoms with E-state index in [2.05, 4.69) is 34.6 Å². The molecule has 206 valence electrons. The Hall–Kier alpha value is -4.31. The summed E-state index contributed by atoms with van der Waals surface area (Å²) in [5.41, 5.74) is 4.67. The molecule has 0 saturated carbocycles.